The van der Waals surface area contributed by atoms with Crippen LogP contribution in [-0.2, 0) is 6.42 Å². The van der Waals surface area contributed by atoms with Crippen LogP contribution in [0.2, 0.25) is 0 Å². The van der Waals surface area contributed by atoms with Crippen molar-refractivity contribution >= 4 is 50.4 Å². The molecule has 0 N–H and O–H groups in total. The summed E-state index contributed by atoms with van der Waals surface area (Å²) >= 11 is 15.2. The average molecular weight is 349 g/mol. The van der Waals surface area contributed by atoms with Crippen LogP contribution in [0.4, 0.5) is 5.69 Å². The summed E-state index contributed by atoms with van der Waals surface area (Å²) in [7, 11) is 0. The van der Waals surface area contributed by atoms with Gasteiger partial charge in [-0.3, -0.25) is 0 Å². The summed E-state index contributed by atoms with van der Waals surface area (Å²) in [5, 5.41) is 0. The molecule has 1 aromatic rings. The lowest BCUT2D eigenvalue weighted by Crippen LogP contribution is -2.34. The number of anilines is 1. The minimum Gasteiger partial charge on any atom is -0.320 e. The number of nitrogens with zero attached hydrogens (tertiary/aromatic N) is 1. The average Bonchev–Trinajstić information content (AvgIpc) is 2.38. The molecule has 1 atom stereocenters. The molecule has 0 aliphatic rings. The van der Waals surface area contributed by atoms with E-state index in [2.05, 4.69) is 54.9 Å². The van der Waals surface area contributed by atoms with Crippen molar-refractivity contribution in [3.63, 3.8) is 0 Å². The number of halogens is 2. The Bertz CT molecular complexity index is 422. The summed E-state index contributed by atoms with van der Waals surface area (Å²) in [5.41, 5.74) is 3.64. The summed E-state index contributed by atoms with van der Waals surface area (Å²) in [5.74, 6) is 0. The second-order valence-corrected chi connectivity index (χ2v) is 6.01. The van der Waals surface area contributed by atoms with Gasteiger partial charge < -0.3 is 4.90 Å². The van der Waals surface area contributed by atoms with Gasteiger partial charge in [0.15, 0.2) is 0 Å². The Kier molecular flexibility index (Phi) is 6.61. The van der Waals surface area contributed by atoms with E-state index in [-0.39, 0.29) is 4.83 Å². The second kappa shape index (κ2) is 7.46. The van der Waals surface area contributed by atoms with Crippen molar-refractivity contribution in [3.05, 3.63) is 29.3 Å². The molecule has 0 spiro atoms. The Hall–Kier alpha value is -0.120. The molecule has 0 aliphatic carbocycles. The first-order chi connectivity index (χ1) is 8.54. The molecule has 0 radical (unpaired) electrons. The first kappa shape index (κ1) is 15.9. The number of alkyl halides is 2. The Morgan fingerprint density at radius 1 is 1.44 bits per heavy atom. The molecule has 0 aromatic heterocycles. The Morgan fingerprint density at radius 3 is 2.61 bits per heavy atom. The van der Waals surface area contributed by atoms with Crippen molar-refractivity contribution < 1.29 is 0 Å². The van der Waals surface area contributed by atoms with Crippen LogP contribution in [0.3, 0.4) is 0 Å². The minimum atomic E-state index is 0.191. The number of benzene rings is 1. The van der Waals surface area contributed by atoms with Crippen molar-refractivity contribution in [1.29, 1.82) is 0 Å². The van der Waals surface area contributed by atoms with Crippen molar-refractivity contribution in [3.8, 4) is 0 Å². The largest absolute Gasteiger partial charge is 0.320 e. The Morgan fingerprint density at radius 2 is 2.11 bits per heavy atom. The molecule has 18 heavy (non-hydrogen) atoms. The van der Waals surface area contributed by atoms with E-state index in [0.29, 0.717) is 6.00 Å². The van der Waals surface area contributed by atoms with E-state index in [4.69, 9.17) is 23.8 Å². The first-order valence-corrected chi connectivity index (χ1v) is 8.01. The summed E-state index contributed by atoms with van der Waals surface area (Å²) in [6.07, 6.45) is 1.93. The first-order valence-electron chi connectivity index (χ1n) is 6.16. The van der Waals surface area contributed by atoms with Gasteiger partial charge in [-0.05, 0) is 37.0 Å². The maximum absolute atomic E-state index is 6.10. The molecular formula is C14H19BrClNS. The lowest BCUT2D eigenvalue weighted by Gasteiger charge is -2.27. The third kappa shape index (κ3) is 3.69. The van der Waals surface area contributed by atoms with Crippen molar-refractivity contribution in [1.82, 2.24) is 0 Å². The molecule has 0 fully saturated rings. The van der Waals surface area contributed by atoms with E-state index in [1.165, 1.54) is 11.1 Å². The third-order valence-corrected chi connectivity index (χ3v) is 5.05. The summed E-state index contributed by atoms with van der Waals surface area (Å²) in [6.45, 7) is 6.34. The monoisotopic (exact) mass is 347 g/mol. The van der Waals surface area contributed by atoms with Gasteiger partial charge in [-0.15, -0.1) is 11.6 Å². The second-order valence-electron chi connectivity index (χ2n) is 4.25. The highest BCUT2D eigenvalue weighted by Gasteiger charge is 2.19. The zero-order chi connectivity index (χ0) is 13.7. The van der Waals surface area contributed by atoms with Gasteiger partial charge in [0.25, 0.3) is 0 Å². The van der Waals surface area contributed by atoms with Gasteiger partial charge in [0.1, 0.15) is 0 Å². The molecular weight excluding hydrogens is 330 g/mol. The quantitative estimate of drug-likeness (QED) is 0.415. The highest BCUT2D eigenvalue weighted by Crippen LogP contribution is 2.26. The Balaban J connectivity index is 3.15. The van der Waals surface area contributed by atoms with Crippen molar-refractivity contribution in [2.75, 3.05) is 10.9 Å². The van der Waals surface area contributed by atoms with Gasteiger partial charge in [0, 0.05) is 5.69 Å². The summed E-state index contributed by atoms with van der Waals surface area (Å²) in [6, 6.07) is 6.82. The van der Waals surface area contributed by atoms with Crippen molar-refractivity contribution in [2.45, 2.75) is 38.4 Å². The van der Waals surface area contributed by atoms with Gasteiger partial charge in [0.05, 0.1) is 15.8 Å². The SMILES string of the molecule is CCc1ccc(C)cc1N(CCl)C(=S)C(Br)CC. The third-order valence-electron chi connectivity index (χ3n) is 2.92. The Labute approximate surface area is 129 Å². The number of aryl methyl sites for hydroxylation is 2. The summed E-state index contributed by atoms with van der Waals surface area (Å²) in [4.78, 5) is 3.07. The van der Waals surface area contributed by atoms with Gasteiger partial charge >= 0.3 is 0 Å². The lowest BCUT2D eigenvalue weighted by molar-refractivity contribution is 1.00. The number of hydrogen-bond donors (Lipinski definition) is 0. The van der Waals surface area contributed by atoms with E-state index >= 15 is 0 Å². The molecule has 4 heteroatoms. The zero-order valence-corrected chi connectivity index (χ0v) is 14.2. The van der Waals surface area contributed by atoms with E-state index in [9.17, 15) is 0 Å². The molecule has 0 aliphatic heterocycles. The van der Waals surface area contributed by atoms with E-state index < -0.39 is 0 Å². The number of thiocarbonyl (C=S) groups is 1. The van der Waals surface area contributed by atoms with Crippen LogP contribution in [0.15, 0.2) is 18.2 Å². The fourth-order valence-corrected chi connectivity index (χ4v) is 2.71. The molecule has 1 aromatic carbocycles. The van der Waals surface area contributed by atoms with Crippen molar-refractivity contribution in [2.24, 2.45) is 0 Å². The lowest BCUT2D eigenvalue weighted by atomic mass is 10.1. The topological polar surface area (TPSA) is 3.24 Å². The molecule has 0 saturated carbocycles. The molecule has 100 valence electrons. The fourth-order valence-electron chi connectivity index (χ4n) is 1.81. The zero-order valence-electron chi connectivity index (χ0n) is 11.0. The van der Waals surface area contributed by atoms with Crippen LogP contribution in [0.1, 0.15) is 31.4 Å². The molecule has 1 unspecified atom stereocenters. The molecule has 1 rings (SSSR count). The van der Waals surface area contributed by atoms with Gasteiger partial charge in [-0.2, -0.15) is 0 Å². The normalized spacial score (nSPS) is 12.3. The predicted molar refractivity (Wildman–Crippen MR) is 89.4 cm³/mol. The number of hydrogen-bond acceptors (Lipinski definition) is 1. The maximum atomic E-state index is 6.10. The molecule has 1 nitrogen and oxygen atoms in total. The van der Waals surface area contributed by atoms with Gasteiger partial charge in [-0.1, -0.05) is 54.1 Å². The maximum Gasteiger partial charge on any atom is 0.0982 e. The van der Waals surface area contributed by atoms with Gasteiger partial charge in [0.2, 0.25) is 0 Å². The fraction of sp³-hybridized carbons (Fsp3) is 0.500. The van der Waals surface area contributed by atoms with E-state index in [0.717, 1.165) is 23.5 Å². The van der Waals surface area contributed by atoms with Gasteiger partial charge in [-0.25, -0.2) is 0 Å². The summed E-state index contributed by atoms with van der Waals surface area (Å²) < 4.78 is 0. The smallest absolute Gasteiger partial charge is 0.0982 e. The van der Waals surface area contributed by atoms with Crippen LogP contribution in [0.5, 0.6) is 0 Å². The van der Waals surface area contributed by atoms with Crippen LogP contribution in [0.25, 0.3) is 0 Å². The van der Waals surface area contributed by atoms with E-state index in [1.54, 1.807) is 0 Å². The van der Waals surface area contributed by atoms with Crippen LogP contribution >= 0.6 is 39.7 Å². The highest BCUT2D eigenvalue weighted by molar-refractivity contribution is 9.10. The molecule has 0 heterocycles. The van der Waals surface area contributed by atoms with Crippen LogP contribution in [0, 0.1) is 6.92 Å². The minimum absolute atomic E-state index is 0.191. The molecule has 0 saturated heterocycles. The van der Waals surface area contributed by atoms with E-state index in [1.807, 2.05) is 4.90 Å². The molecule has 0 amide bonds. The van der Waals surface area contributed by atoms with Crippen LogP contribution < -0.4 is 4.90 Å². The predicted octanol–water partition coefficient (Wildman–Crippen LogP) is 5.06. The molecule has 0 bridgehead atoms. The highest BCUT2D eigenvalue weighted by atomic mass is 79.9. The standard InChI is InChI=1S/C14H19BrClNS/c1-4-11-7-6-10(3)8-13(11)17(9-16)14(18)12(15)5-2/h6-8,12H,4-5,9H2,1-3H3. The number of rotatable bonds is 5. The van der Waals surface area contributed by atoms with Crippen LogP contribution in [-0.4, -0.2) is 15.8 Å².